The van der Waals surface area contributed by atoms with Gasteiger partial charge in [-0.1, -0.05) is 6.07 Å². The Bertz CT molecular complexity index is 1620. The Labute approximate surface area is 187 Å². The predicted octanol–water partition coefficient (Wildman–Crippen LogP) is 3.10. The van der Waals surface area contributed by atoms with Gasteiger partial charge in [-0.25, -0.2) is 4.98 Å². The van der Waals surface area contributed by atoms with Gasteiger partial charge in [0.2, 0.25) is 5.91 Å². The second kappa shape index (κ2) is 8.16. The highest BCUT2D eigenvalue weighted by Crippen LogP contribution is 2.17. The molecule has 5 aromatic rings. The van der Waals surface area contributed by atoms with Crippen molar-refractivity contribution < 1.29 is 4.79 Å². The van der Waals surface area contributed by atoms with Gasteiger partial charge < -0.3 is 9.88 Å². The smallest absolute Gasteiger partial charge is 0.264 e. The highest BCUT2D eigenvalue weighted by atomic mass is 16.1. The van der Waals surface area contributed by atoms with Crippen LogP contribution in [0, 0.1) is 0 Å². The summed E-state index contributed by atoms with van der Waals surface area (Å²) in [4.78, 5) is 46.2. The Kier molecular flexibility index (Phi) is 5.02. The molecule has 1 aromatic carbocycles. The summed E-state index contributed by atoms with van der Waals surface area (Å²) in [6.07, 6.45) is 6.75. The third-order valence-electron chi connectivity index (χ3n) is 5.36. The maximum Gasteiger partial charge on any atom is 0.264 e. The number of hydrogen-bond acceptors (Lipinski definition) is 5. The van der Waals surface area contributed by atoms with Crippen LogP contribution in [0.25, 0.3) is 27.5 Å². The normalized spacial score (nSPS) is 11.1. The lowest BCUT2D eigenvalue weighted by molar-refractivity contribution is -0.114. The molecule has 1 amide bonds. The molecular formula is C25H19N5O3. The Morgan fingerprint density at radius 2 is 1.67 bits per heavy atom. The predicted molar refractivity (Wildman–Crippen MR) is 127 cm³/mol. The number of carbonyl (C=O) groups excluding carboxylic acids is 1. The number of nitrogens with one attached hydrogen (secondary N) is 1. The fourth-order valence-electron chi connectivity index (χ4n) is 3.79. The number of amides is 1. The molecule has 4 aromatic heterocycles. The first kappa shape index (κ1) is 20.3. The molecule has 0 radical (unpaired) electrons. The fourth-order valence-corrected chi connectivity index (χ4v) is 3.79. The SMILES string of the molecule is CC(=O)Nc1ccc(-n2ccc3nc4ccn(Cc5cccnc5)c(=O)c4cc3c2=O)cc1. The zero-order valence-corrected chi connectivity index (χ0v) is 17.7. The van der Waals surface area contributed by atoms with Crippen LogP contribution in [0.15, 0.2) is 89.0 Å². The van der Waals surface area contributed by atoms with Crippen molar-refractivity contribution in [3.63, 3.8) is 0 Å². The number of hydrogen-bond donors (Lipinski definition) is 1. The average Bonchev–Trinajstić information content (AvgIpc) is 2.82. The molecule has 162 valence electrons. The van der Waals surface area contributed by atoms with Gasteiger partial charge in [0, 0.05) is 43.1 Å². The van der Waals surface area contributed by atoms with Gasteiger partial charge in [-0.3, -0.25) is 23.9 Å². The van der Waals surface area contributed by atoms with Crippen LogP contribution in [-0.4, -0.2) is 25.0 Å². The second-order valence-corrected chi connectivity index (χ2v) is 7.68. The molecule has 0 saturated heterocycles. The highest BCUT2D eigenvalue weighted by molar-refractivity contribution is 5.92. The fraction of sp³-hybridized carbons (Fsp3) is 0.0800. The van der Waals surface area contributed by atoms with E-state index in [1.165, 1.54) is 11.5 Å². The molecule has 33 heavy (non-hydrogen) atoms. The summed E-state index contributed by atoms with van der Waals surface area (Å²) in [6.45, 7) is 1.81. The van der Waals surface area contributed by atoms with E-state index in [0.29, 0.717) is 39.7 Å². The van der Waals surface area contributed by atoms with Crippen LogP contribution in [-0.2, 0) is 11.3 Å². The van der Waals surface area contributed by atoms with Gasteiger partial charge in [-0.05, 0) is 54.1 Å². The molecular weight excluding hydrogens is 418 g/mol. The second-order valence-electron chi connectivity index (χ2n) is 7.68. The van der Waals surface area contributed by atoms with Gasteiger partial charge >= 0.3 is 0 Å². The van der Waals surface area contributed by atoms with Gasteiger partial charge in [0.1, 0.15) is 0 Å². The Hall–Kier alpha value is -4.59. The average molecular weight is 437 g/mol. The summed E-state index contributed by atoms with van der Waals surface area (Å²) in [5.41, 5.74) is 2.73. The van der Waals surface area contributed by atoms with Crippen LogP contribution in [0.4, 0.5) is 5.69 Å². The van der Waals surface area contributed by atoms with E-state index in [1.807, 2.05) is 12.1 Å². The van der Waals surface area contributed by atoms with Crippen LogP contribution >= 0.6 is 0 Å². The molecule has 4 heterocycles. The first-order valence-electron chi connectivity index (χ1n) is 10.3. The molecule has 0 aliphatic carbocycles. The number of fused-ring (bicyclic) bond motifs is 2. The van der Waals surface area contributed by atoms with Gasteiger partial charge in [-0.15, -0.1) is 0 Å². The van der Waals surface area contributed by atoms with Crippen molar-refractivity contribution in [3.8, 4) is 5.69 Å². The Morgan fingerprint density at radius 1 is 0.939 bits per heavy atom. The minimum atomic E-state index is -0.281. The van der Waals surface area contributed by atoms with Crippen molar-refractivity contribution in [2.24, 2.45) is 0 Å². The first-order chi connectivity index (χ1) is 16.0. The maximum atomic E-state index is 13.3. The molecule has 1 N–H and O–H groups in total. The number of pyridine rings is 4. The Morgan fingerprint density at radius 3 is 2.36 bits per heavy atom. The summed E-state index contributed by atoms with van der Waals surface area (Å²) in [5.74, 6) is -0.169. The minimum Gasteiger partial charge on any atom is -0.326 e. The number of rotatable bonds is 4. The summed E-state index contributed by atoms with van der Waals surface area (Å²) >= 11 is 0. The summed E-state index contributed by atoms with van der Waals surface area (Å²) in [6, 6.07) is 15.8. The molecule has 0 saturated carbocycles. The van der Waals surface area contributed by atoms with Crippen LogP contribution in [0.1, 0.15) is 12.5 Å². The Balaban J connectivity index is 1.60. The van der Waals surface area contributed by atoms with Crippen LogP contribution in [0.2, 0.25) is 0 Å². The van der Waals surface area contributed by atoms with E-state index >= 15 is 0 Å². The lowest BCUT2D eigenvalue weighted by Gasteiger charge is -2.10. The zero-order chi connectivity index (χ0) is 22.9. The summed E-state index contributed by atoms with van der Waals surface area (Å²) in [5, 5.41) is 3.43. The number of carbonyl (C=O) groups is 1. The van der Waals surface area contributed by atoms with Crippen LogP contribution < -0.4 is 16.4 Å². The van der Waals surface area contributed by atoms with Crippen LogP contribution in [0.5, 0.6) is 0 Å². The molecule has 0 spiro atoms. The number of aromatic nitrogens is 4. The van der Waals surface area contributed by atoms with E-state index in [9.17, 15) is 14.4 Å². The van der Waals surface area contributed by atoms with Crippen molar-refractivity contribution in [1.29, 1.82) is 0 Å². The van der Waals surface area contributed by atoms with Crippen molar-refractivity contribution in [2.45, 2.75) is 13.5 Å². The van der Waals surface area contributed by atoms with Gasteiger partial charge in [-0.2, -0.15) is 0 Å². The van der Waals surface area contributed by atoms with Crippen molar-refractivity contribution in [1.82, 2.24) is 19.1 Å². The molecule has 8 nitrogen and oxygen atoms in total. The number of benzene rings is 1. The van der Waals surface area contributed by atoms with E-state index < -0.39 is 0 Å². The summed E-state index contributed by atoms with van der Waals surface area (Å²) < 4.78 is 3.07. The number of anilines is 1. The minimum absolute atomic E-state index is 0.169. The van der Waals surface area contributed by atoms with Crippen molar-refractivity contribution in [2.75, 3.05) is 5.32 Å². The standard InChI is InChI=1S/C25H19N5O3/c1-16(31)27-18-4-6-19(7-5-18)30-12-9-23-21(25(30)33)13-20-22(28-23)8-11-29(24(20)32)15-17-3-2-10-26-14-17/h2-14H,15H2,1H3,(H,27,31). The van der Waals surface area contributed by atoms with E-state index in [-0.39, 0.29) is 17.0 Å². The maximum absolute atomic E-state index is 13.3. The monoisotopic (exact) mass is 437 g/mol. The lowest BCUT2D eigenvalue weighted by Crippen LogP contribution is -2.22. The van der Waals surface area contributed by atoms with E-state index in [1.54, 1.807) is 71.8 Å². The zero-order valence-electron chi connectivity index (χ0n) is 17.7. The molecule has 0 atom stereocenters. The molecule has 8 heteroatoms. The van der Waals surface area contributed by atoms with Gasteiger partial charge in [0.15, 0.2) is 0 Å². The third kappa shape index (κ3) is 3.89. The van der Waals surface area contributed by atoms with E-state index in [0.717, 1.165) is 5.56 Å². The highest BCUT2D eigenvalue weighted by Gasteiger charge is 2.11. The molecule has 0 unspecified atom stereocenters. The lowest BCUT2D eigenvalue weighted by atomic mass is 10.1. The van der Waals surface area contributed by atoms with Gasteiger partial charge in [0.25, 0.3) is 11.1 Å². The van der Waals surface area contributed by atoms with Crippen LogP contribution in [0.3, 0.4) is 0 Å². The van der Waals surface area contributed by atoms with Crippen molar-refractivity contribution >= 4 is 33.4 Å². The third-order valence-corrected chi connectivity index (χ3v) is 5.36. The molecule has 5 rings (SSSR count). The molecule has 0 fully saturated rings. The largest absolute Gasteiger partial charge is 0.326 e. The quantitative estimate of drug-likeness (QED) is 0.436. The topological polar surface area (TPSA) is 98.9 Å². The van der Waals surface area contributed by atoms with Gasteiger partial charge in [0.05, 0.1) is 28.4 Å². The van der Waals surface area contributed by atoms with E-state index in [4.69, 9.17) is 0 Å². The molecule has 0 aliphatic rings. The van der Waals surface area contributed by atoms with E-state index in [2.05, 4.69) is 15.3 Å². The summed E-state index contributed by atoms with van der Waals surface area (Å²) in [7, 11) is 0. The molecule has 0 aliphatic heterocycles. The van der Waals surface area contributed by atoms with Crippen molar-refractivity contribution in [3.05, 3.63) is 106 Å². The number of nitrogens with zero attached hydrogens (tertiary/aromatic N) is 4. The first-order valence-corrected chi connectivity index (χ1v) is 10.3. The molecule has 0 bridgehead atoms.